The molecule has 0 saturated carbocycles. The van der Waals surface area contributed by atoms with Crippen molar-refractivity contribution < 1.29 is 4.79 Å². The molecule has 0 bridgehead atoms. The average molecular weight is 271 g/mol. The molecule has 3 rings (SSSR count). The number of nitrogens with one attached hydrogen (secondary N) is 3. The molecule has 0 saturated heterocycles. The molecule has 0 spiro atoms. The zero-order chi connectivity index (χ0) is 13.9. The number of benzene rings is 1. The molecule has 1 atom stereocenters. The van der Waals surface area contributed by atoms with Gasteiger partial charge in [-0.2, -0.15) is 0 Å². The largest absolute Gasteiger partial charge is 0.359 e. The number of rotatable bonds is 4. The number of hydrogen-bond acceptors (Lipinski definition) is 2. The molecule has 2 aromatic rings. The Labute approximate surface area is 118 Å². The normalized spacial score (nSPS) is 17.9. The average Bonchev–Trinajstić information content (AvgIpc) is 2.86. The zero-order valence-corrected chi connectivity index (χ0v) is 11.8. The summed E-state index contributed by atoms with van der Waals surface area (Å²) >= 11 is 0. The third-order valence-corrected chi connectivity index (χ3v) is 4.14. The SMILES string of the molecule is CNC(=O)CCNC1CCCc2c1[nH]c1ccccc21. The first-order valence-corrected chi connectivity index (χ1v) is 7.33. The van der Waals surface area contributed by atoms with Gasteiger partial charge in [0.05, 0.1) is 0 Å². The lowest BCUT2D eigenvalue weighted by atomic mass is 9.91. The maximum atomic E-state index is 11.3. The highest BCUT2D eigenvalue weighted by molar-refractivity contribution is 5.85. The third-order valence-electron chi connectivity index (χ3n) is 4.14. The first-order chi connectivity index (χ1) is 9.79. The summed E-state index contributed by atoms with van der Waals surface area (Å²) in [6.07, 6.45) is 4.01. The van der Waals surface area contributed by atoms with Crippen molar-refractivity contribution in [1.29, 1.82) is 0 Å². The molecular formula is C16H21N3O. The summed E-state index contributed by atoms with van der Waals surface area (Å²) in [4.78, 5) is 14.8. The minimum absolute atomic E-state index is 0.0881. The van der Waals surface area contributed by atoms with Gasteiger partial charge in [0.25, 0.3) is 0 Å². The highest BCUT2D eigenvalue weighted by Gasteiger charge is 2.23. The molecule has 1 amide bonds. The van der Waals surface area contributed by atoms with Crippen molar-refractivity contribution in [2.24, 2.45) is 0 Å². The Kier molecular flexibility index (Phi) is 3.74. The number of carbonyl (C=O) groups is 1. The van der Waals surface area contributed by atoms with Crippen LogP contribution in [-0.2, 0) is 11.2 Å². The Bertz CT molecular complexity index is 617. The number of H-pyrrole nitrogens is 1. The van der Waals surface area contributed by atoms with Crippen LogP contribution in [-0.4, -0.2) is 24.5 Å². The van der Waals surface area contributed by atoms with E-state index in [1.807, 2.05) is 0 Å². The lowest BCUT2D eigenvalue weighted by Gasteiger charge is -2.23. The van der Waals surface area contributed by atoms with Gasteiger partial charge in [0.1, 0.15) is 0 Å². The molecule has 1 aliphatic rings. The van der Waals surface area contributed by atoms with E-state index in [4.69, 9.17) is 0 Å². The Morgan fingerprint density at radius 1 is 1.40 bits per heavy atom. The van der Waals surface area contributed by atoms with Crippen LogP contribution in [0.1, 0.15) is 36.6 Å². The third kappa shape index (κ3) is 2.43. The Morgan fingerprint density at radius 3 is 3.10 bits per heavy atom. The van der Waals surface area contributed by atoms with Crippen molar-refractivity contribution in [2.75, 3.05) is 13.6 Å². The minimum atomic E-state index is 0.0881. The standard InChI is InChI=1S/C16H21N3O/c1-17-15(20)9-10-18-14-8-4-6-12-11-5-2-3-7-13(11)19-16(12)14/h2-3,5,7,14,18-19H,4,6,8-10H2,1H3,(H,17,20). The summed E-state index contributed by atoms with van der Waals surface area (Å²) in [5.74, 6) is 0.0881. The van der Waals surface area contributed by atoms with Crippen molar-refractivity contribution >= 4 is 16.8 Å². The summed E-state index contributed by atoms with van der Waals surface area (Å²) in [6.45, 7) is 0.721. The Morgan fingerprint density at radius 2 is 2.25 bits per heavy atom. The van der Waals surface area contributed by atoms with E-state index in [0.29, 0.717) is 12.5 Å². The number of aryl methyl sites for hydroxylation is 1. The number of hydrogen-bond donors (Lipinski definition) is 3. The van der Waals surface area contributed by atoms with Gasteiger partial charge in [0.15, 0.2) is 0 Å². The molecule has 20 heavy (non-hydrogen) atoms. The number of aromatic nitrogens is 1. The fraction of sp³-hybridized carbons (Fsp3) is 0.438. The molecule has 4 nitrogen and oxygen atoms in total. The molecule has 1 heterocycles. The van der Waals surface area contributed by atoms with Crippen LogP contribution < -0.4 is 10.6 Å². The van der Waals surface area contributed by atoms with Crippen molar-refractivity contribution in [2.45, 2.75) is 31.7 Å². The van der Waals surface area contributed by atoms with Gasteiger partial charge in [-0.1, -0.05) is 18.2 Å². The van der Waals surface area contributed by atoms with Crippen LogP contribution in [0.15, 0.2) is 24.3 Å². The van der Waals surface area contributed by atoms with Crippen LogP contribution >= 0.6 is 0 Å². The van der Waals surface area contributed by atoms with Crippen molar-refractivity contribution in [3.63, 3.8) is 0 Å². The Hall–Kier alpha value is -1.81. The van der Waals surface area contributed by atoms with E-state index in [0.717, 1.165) is 19.4 Å². The lowest BCUT2D eigenvalue weighted by Crippen LogP contribution is -2.29. The fourth-order valence-corrected chi connectivity index (χ4v) is 3.10. The van der Waals surface area contributed by atoms with Crippen LogP contribution in [0.5, 0.6) is 0 Å². The van der Waals surface area contributed by atoms with E-state index < -0.39 is 0 Å². The molecule has 4 heteroatoms. The van der Waals surface area contributed by atoms with E-state index in [1.165, 1.54) is 28.6 Å². The van der Waals surface area contributed by atoms with Crippen molar-refractivity contribution in [1.82, 2.24) is 15.6 Å². The van der Waals surface area contributed by atoms with Gasteiger partial charge >= 0.3 is 0 Å². The topological polar surface area (TPSA) is 56.9 Å². The summed E-state index contributed by atoms with van der Waals surface area (Å²) in [5.41, 5.74) is 3.98. The van der Waals surface area contributed by atoms with Crippen LogP contribution in [0.4, 0.5) is 0 Å². The number of aromatic amines is 1. The maximum absolute atomic E-state index is 11.3. The maximum Gasteiger partial charge on any atom is 0.221 e. The van der Waals surface area contributed by atoms with Gasteiger partial charge in [-0.15, -0.1) is 0 Å². The van der Waals surface area contributed by atoms with Gasteiger partial charge < -0.3 is 15.6 Å². The number of fused-ring (bicyclic) bond motifs is 3. The summed E-state index contributed by atoms with van der Waals surface area (Å²) in [7, 11) is 1.68. The van der Waals surface area contributed by atoms with Crippen LogP contribution in [0.25, 0.3) is 10.9 Å². The molecule has 3 N–H and O–H groups in total. The molecule has 1 aliphatic carbocycles. The van der Waals surface area contributed by atoms with E-state index in [-0.39, 0.29) is 5.91 Å². The first-order valence-electron chi connectivity index (χ1n) is 7.33. The molecule has 0 fully saturated rings. The summed E-state index contributed by atoms with van der Waals surface area (Å²) in [6, 6.07) is 8.83. The summed E-state index contributed by atoms with van der Waals surface area (Å²) in [5, 5.41) is 7.52. The molecule has 0 radical (unpaired) electrons. The Balaban J connectivity index is 1.78. The van der Waals surface area contributed by atoms with Crippen molar-refractivity contribution in [3.05, 3.63) is 35.5 Å². The monoisotopic (exact) mass is 271 g/mol. The lowest BCUT2D eigenvalue weighted by molar-refractivity contribution is -0.120. The van der Waals surface area contributed by atoms with Crippen LogP contribution in [0.3, 0.4) is 0 Å². The smallest absolute Gasteiger partial charge is 0.221 e. The predicted molar refractivity (Wildman–Crippen MR) is 80.7 cm³/mol. The summed E-state index contributed by atoms with van der Waals surface area (Å²) < 4.78 is 0. The molecule has 1 aromatic carbocycles. The second kappa shape index (κ2) is 5.67. The van der Waals surface area contributed by atoms with E-state index in [1.54, 1.807) is 7.05 Å². The van der Waals surface area contributed by atoms with Crippen LogP contribution in [0.2, 0.25) is 0 Å². The zero-order valence-electron chi connectivity index (χ0n) is 11.8. The van der Waals surface area contributed by atoms with Gasteiger partial charge in [-0.3, -0.25) is 4.79 Å². The van der Waals surface area contributed by atoms with Gasteiger partial charge in [-0.05, 0) is 30.9 Å². The number of para-hydroxylation sites is 1. The number of carbonyl (C=O) groups excluding carboxylic acids is 1. The second-order valence-corrected chi connectivity index (χ2v) is 5.38. The minimum Gasteiger partial charge on any atom is -0.359 e. The van der Waals surface area contributed by atoms with Gasteiger partial charge in [0, 0.05) is 42.7 Å². The predicted octanol–water partition coefficient (Wildman–Crippen LogP) is 2.27. The van der Waals surface area contributed by atoms with Gasteiger partial charge in [0.2, 0.25) is 5.91 Å². The van der Waals surface area contributed by atoms with E-state index in [2.05, 4.69) is 39.9 Å². The molecule has 1 unspecified atom stereocenters. The highest BCUT2D eigenvalue weighted by atomic mass is 16.1. The number of amides is 1. The molecule has 1 aromatic heterocycles. The molecule has 106 valence electrons. The van der Waals surface area contributed by atoms with E-state index in [9.17, 15) is 4.79 Å². The van der Waals surface area contributed by atoms with Crippen LogP contribution in [0, 0.1) is 0 Å². The molecule has 0 aliphatic heterocycles. The quantitative estimate of drug-likeness (QED) is 0.799. The van der Waals surface area contributed by atoms with Gasteiger partial charge in [-0.25, -0.2) is 0 Å². The second-order valence-electron chi connectivity index (χ2n) is 5.38. The first kappa shape index (κ1) is 13.2. The fourth-order valence-electron chi connectivity index (χ4n) is 3.10. The highest BCUT2D eigenvalue weighted by Crippen LogP contribution is 2.34. The van der Waals surface area contributed by atoms with E-state index >= 15 is 0 Å². The molecular weight excluding hydrogens is 250 g/mol. The van der Waals surface area contributed by atoms with Crippen molar-refractivity contribution in [3.8, 4) is 0 Å².